The van der Waals surface area contributed by atoms with Crippen LogP contribution in [0.2, 0.25) is 5.02 Å². The van der Waals surface area contributed by atoms with Gasteiger partial charge >= 0.3 is 17.8 Å². The fraction of sp³-hybridized carbons (Fsp3) is 0.273. The molecule has 4 rings (SSSR count). The van der Waals surface area contributed by atoms with E-state index >= 15 is 0 Å². The maximum Gasteiger partial charge on any atom is 0.416 e. The van der Waals surface area contributed by atoms with Gasteiger partial charge in [0.05, 0.1) is 13.7 Å². The number of hydrogen-bond acceptors (Lipinski definition) is 8. The number of aromatic nitrogens is 7. The quantitative estimate of drug-likeness (QED) is 0.259. The van der Waals surface area contributed by atoms with E-state index in [2.05, 4.69) is 20.2 Å². The number of carbonyl (C=O) groups excluding carboxylic acids is 1. The van der Waals surface area contributed by atoms with E-state index in [1.807, 2.05) is 0 Å². The van der Waals surface area contributed by atoms with Gasteiger partial charge in [-0.05, 0) is 30.3 Å². The summed E-state index contributed by atoms with van der Waals surface area (Å²) in [6.07, 6.45) is -6.51. The zero-order valence-electron chi connectivity index (χ0n) is 19.4. The summed E-state index contributed by atoms with van der Waals surface area (Å²) >= 11 is 5.89. The van der Waals surface area contributed by atoms with Crippen LogP contribution in [0.15, 0.2) is 47.4 Å². The molecule has 3 aromatic heterocycles. The van der Waals surface area contributed by atoms with E-state index < -0.39 is 43.7 Å². The summed E-state index contributed by atoms with van der Waals surface area (Å²) in [6.45, 7) is -2.57. The maximum absolute atomic E-state index is 13.5. The summed E-state index contributed by atoms with van der Waals surface area (Å²) in [7, 11) is 1.09. The maximum atomic E-state index is 13.5. The molecule has 4 aromatic rings. The zero-order valence-corrected chi connectivity index (χ0v) is 20.2. The van der Waals surface area contributed by atoms with Crippen molar-refractivity contribution >= 4 is 17.6 Å². The molecule has 0 radical (unpaired) electrons. The monoisotopic (exact) mass is 555 g/mol. The highest BCUT2D eigenvalue weighted by Crippen LogP contribution is 2.24. The summed E-state index contributed by atoms with van der Waals surface area (Å²) in [6, 6.07) is 8.67. The van der Waals surface area contributed by atoms with Gasteiger partial charge in [-0.25, -0.2) is 28.6 Å². The van der Waals surface area contributed by atoms with Crippen LogP contribution in [0.1, 0.15) is 22.0 Å². The Kier molecular flexibility index (Phi) is 7.59. The fourth-order valence-electron chi connectivity index (χ4n) is 3.45. The Morgan fingerprint density at radius 3 is 2.53 bits per heavy atom. The van der Waals surface area contributed by atoms with E-state index in [0.717, 1.165) is 16.5 Å². The van der Waals surface area contributed by atoms with E-state index in [0.29, 0.717) is 9.59 Å². The van der Waals surface area contributed by atoms with Gasteiger partial charge in [0.2, 0.25) is 5.82 Å². The molecule has 0 amide bonds. The van der Waals surface area contributed by atoms with Gasteiger partial charge in [-0.3, -0.25) is 4.57 Å². The smallest absolute Gasteiger partial charge is 0.416 e. The van der Waals surface area contributed by atoms with Gasteiger partial charge in [-0.15, -0.1) is 10.2 Å². The second-order valence-corrected chi connectivity index (χ2v) is 8.25. The molecule has 200 valence electrons. The first-order chi connectivity index (χ1) is 18.0. The summed E-state index contributed by atoms with van der Waals surface area (Å²) < 4.78 is 59.8. The molecule has 0 saturated heterocycles. The van der Waals surface area contributed by atoms with Crippen LogP contribution in [0.4, 0.5) is 17.6 Å². The third kappa shape index (κ3) is 5.43. The third-order valence-electron chi connectivity index (χ3n) is 5.28. The molecule has 3 heterocycles. The first-order valence-electron chi connectivity index (χ1n) is 10.8. The predicted molar refractivity (Wildman–Crippen MR) is 123 cm³/mol. The molecular formula is C22H18ClF4N7O4. The number of halogens is 5. The van der Waals surface area contributed by atoms with E-state index in [9.17, 15) is 32.3 Å². The third-order valence-corrected chi connectivity index (χ3v) is 5.53. The zero-order chi connectivity index (χ0) is 27.6. The second kappa shape index (κ2) is 10.7. The van der Waals surface area contributed by atoms with Crippen LogP contribution in [-0.4, -0.2) is 64.6 Å². The molecule has 0 spiro atoms. The lowest BCUT2D eigenvalue weighted by Crippen LogP contribution is -2.37. The molecule has 0 aliphatic carbocycles. The number of aliphatic hydroxyl groups excluding tert-OH is 1. The van der Waals surface area contributed by atoms with Crippen LogP contribution in [0.5, 0.6) is 0 Å². The number of esters is 1. The summed E-state index contributed by atoms with van der Waals surface area (Å²) in [5.41, 5.74) is -0.687. The van der Waals surface area contributed by atoms with Crippen LogP contribution >= 0.6 is 11.6 Å². The lowest BCUT2D eigenvalue weighted by atomic mass is 10.2. The van der Waals surface area contributed by atoms with E-state index in [1.165, 1.54) is 42.6 Å². The fourth-order valence-corrected chi connectivity index (χ4v) is 3.58. The van der Waals surface area contributed by atoms with Crippen LogP contribution in [-0.2, 0) is 24.5 Å². The van der Waals surface area contributed by atoms with Crippen LogP contribution in [0.25, 0.3) is 17.2 Å². The lowest BCUT2D eigenvalue weighted by molar-refractivity contribution is -0.207. The Labute approximate surface area is 215 Å². The number of benzene rings is 1. The van der Waals surface area contributed by atoms with E-state index in [-0.39, 0.29) is 34.4 Å². The minimum Gasteiger partial charge on any atom is -0.463 e. The van der Waals surface area contributed by atoms with Crippen molar-refractivity contribution in [3.8, 4) is 17.2 Å². The number of aliphatic hydroxyl groups is 1. The van der Waals surface area contributed by atoms with Gasteiger partial charge in [0.15, 0.2) is 23.6 Å². The molecule has 1 N–H and O–H groups in total. The van der Waals surface area contributed by atoms with Crippen molar-refractivity contribution in [2.24, 2.45) is 0 Å². The van der Waals surface area contributed by atoms with Crippen LogP contribution < -0.4 is 5.69 Å². The summed E-state index contributed by atoms with van der Waals surface area (Å²) in [5.74, 6) is -1.73. The van der Waals surface area contributed by atoms with Crippen molar-refractivity contribution in [1.82, 2.24) is 34.1 Å². The molecule has 1 atom stereocenters. The standard InChI is InChI=1S/C22H18ClF4N7O4/c1-38-20(36)19-29-16(30-34(19)17-13(9-24)3-2-8-28-17)11-33-21(37)32(10-15(35)22(25,26)27)18(31-33)12-4-6-14(23)7-5-12/h2-8,15,35H,9-11H2,1H3/t15-/m0/s1. The highest BCUT2D eigenvalue weighted by Gasteiger charge is 2.39. The highest BCUT2D eigenvalue weighted by molar-refractivity contribution is 6.30. The largest absolute Gasteiger partial charge is 0.463 e. The van der Waals surface area contributed by atoms with E-state index in [1.54, 1.807) is 0 Å². The van der Waals surface area contributed by atoms with Crippen molar-refractivity contribution in [1.29, 1.82) is 0 Å². The van der Waals surface area contributed by atoms with Crippen molar-refractivity contribution in [2.45, 2.75) is 32.0 Å². The summed E-state index contributed by atoms with van der Waals surface area (Å²) in [5, 5.41) is 18.2. The first-order valence-corrected chi connectivity index (χ1v) is 11.1. The van der Waals surface area contributed by atoms with Gasteiger partial charge in [-0.1, -0.05) is 17.7 Å². The van der Waals surface area contributed by atoms with Gasteiger partial charge in [0.25, 0.3) is 0 Å². The Morgan fingerprint density at radius 2 is 1.89 bits per heavy atom. The molecule has 38 heavy (non-hydrogen) atoms. The van der Waals surface area contributed by atoms with Crippen molar-refractivity contribution in [2.75, 3.05) is 7.11 Å². The molecule has 0 aliphatic rings. The Bertz CT molecular complexity index is 1520. The number of alkyl halides is 4. The number of carbonyl (C=O) groups is 1. The molecule has 0 bridgehead atoms. The Hall–Kier alpha value is -4.11. The molecule has 0 fully saturated rings. The van der Waals surface area contributed by atoms with Crippen LogP contribution in [0.3, 0.4) is 0 Å². The molecule has 1 aromatic carbocycles. The number of methoxy groups -OCH3 is 1. The molecule has 16 heteroatoms. The Morgan fingerprint density at radius 1 is 1.18 bits per heavy atom. The highest BCUT2D eigenvalue weighted by atomic mass is 35.5. The predicted octanol–water partition coefficient (Wildman–Crippen LogP) is 2.57. The second-order valence-electron chi connectivity index (χ2n) is 7.81. The van der Waals surface area contributed by atoms with Crippen molar-refractivity contribution in [3.05, 3.63) is 75.3 Å². The van der Waals surface area contributed by atoms with Gasteiger partial charge < -0.3 is 9.84 Å². The minimum atomic E-state index is -4.99. The average Bonchev–Trinajstić information content (AvgIpc) is 3.45. The molecule has 0 unspecified atom stereocenters. The normalized spacial score (nSPS) is 12.5. The van der Waals surface area contributed by atoms with Gasteiger partial charge in [-0.2, -0.15) is 17.9 Å². The molecule has 0 saturated carbocycles. The van der Waals surface area contributed by atoms with Gasteiger partial charge in [0, 0.05) is 22.3 Å². The summed E-state index contributed by atoms with van der Waals surface area (Å²) in [4.78, 5) is 33.5. The number of ether oxygens (including phenoxy) is 1. The topological polar surface area (TPSA) is 130 Å². The molecule has 11 nitrogen and oxygen atoms in total. The Balaban J connectivity index is 1.80. The van der Waals surface area contributed by atoms with Crippen molar-refractivity contribution < 1.29 is 32.2 Å². The first kappa shape index (κ1) is 26.9. The number of rotatable bonds is 8. The lowest BCUT2D eigenvalue weighted by Gasteiger charge is -2.15. The van der Waals surface area contributed by atoms with Crippen LogP contribution in [0, 0.1) is 0 Å². The number of pyridine rings is 1. The van der Waals surface area contributed by atoms with Gasteiger partial charge in [0.1, 0.15) is 13.2 Å². The van der Waals surface area contributed by atoms with E-state index in [4.69, 9.17) is 16.3 Å². The average molecular weight is 556 g/mol. The molecule has 0 aliphatic heterocycles. The van der Waals surface area contributed by atoms with Crippen molar-refractivity contribution in [3.63, 3.8) is 0 Å². The molecular weight excluding hydrogens is 538 g/mol. The minimum absolute atomic E-state index is 0.0535. The SMILES string of the molecule is COC(=O)c1nc(Cn2nc(-c3ccc(Cl)cc3)n(C[C@H](O)C(F)(F)F)c2=O)nn1-c1ncccc1CF. The number of nitrogens with zero attached hydrogens (tertiary/aromatic N) is 7. The number of hydrogen-bond donors (Lipinski definition) is 1.